The molecule has 50 heteroatoms. The van der Waals surface area contributed by atoms with Gasteiger partial charge in [0.1, 0.15) is 140 Å². The molecule has 6 aliphatic rings. The van der Waals surface area contributed by atoms with Gasteiger partial charge in [-0.1, -0.05) is 19.3 Å². The van der Waals surface area contributed by atoms with Crippen LogP contribution in [0.3, 0.4) is 0 Å². The first-order chi connectivity index (χ1) is 65.7. The van der Waals surface area contributed by atoms with Gasteiger partial charge in [0.25, 0.3) is 0 Å². The number of Topliss-reactive ketones (excluding diaryl/α,β-unsaturated/α-hetero) is 2. The highest BCUT2D eigenvalue weighted by Gasteiger charge is 2.53. The molecule has 8 amide bonds. The van der Waals surface area contributed by atoms with Crippen molar-refractivity contribution in [2.45, 2.75) is 380 Å². The molecule has 27 N–H and O–H groups in total. The maximum absolute atomic E-state index is 13.1. The van der Waals surface area contributed by atoms with Crippen molar-refractivity contribution < 1.29 is 202 Å². The normalized spacial score (nSPS) is 31.3. The summed E-state index contributed by atoms with van der Waals surface area (Å²) < 4.78 is 65.6. The minimum Gasteiger partial charge on any atom is -0.394 e. The maximum atomic E-state index is 13.1. The second kappa shape index (κ2) is 68.9. The fourth-order valence-electron chi connectivity index (χ4n) is 15.1. The summed E-state index contributed by atoms with van der Waals surface area (Å²) in [5.41, 5.74) is 0. The molecule has 0 spiro atoms. The van der Waals surface area contributed by atoms with Crippen LogP contribution in [0.25, 0.3) is 0 Å². The van der Waals surface area contributed by atoms with Crippen LogP contribution in [-0.2, 0) is 105 Å². The predicted molar refractivity (Wildman–Crippen MR) is 478 cm³/mol. The minimum atomic E-state index is -1.94. The van der Waals surface area contributed by atoms with E-state index >= 15 is 0 Å². The third-order valence-electron chi connectivity index (χ3n) is 23.3. The van der Waals surface area contributed by atoms with Gasteiger partial charge in [-0.15, -0.1) is 0 Å². The number of amides is 8. The van der Waals surface area contributed by atoms with Crippen molar-refractivity contribution in [1.82, 2.24) is 47.4 Å². The number of ether oxygens (including phenoxy) is 12. The predicted octanol–water partition coefficient (Wildman–Crippen LogP) is -9.25. The van der Waals surface area contributed by atoms with E-state index in [9.17, 15) is 145 Å². The molecule has 138 heavy (non-hydrogen) atoms. The summed E-state index contributed by atoms with van der Waals surface area (Å²) >= 11 is 0. The first-order valence-corrected chi connectivity index (χ1v) is 48.1. The standard InChI is InChI=1S/C54H97N7O27.2C17H31NO7/c1-3-55-33(64)13-7-4-10-16-56-36(67)23-61(24-37(68)57-17-11-5-8-14-34(65)59-19-21-81-51-46(77)43(74)39(70)29(2)84-51)25-38(69)58-18-12-6-9-15-35(66)60-20-22-82-53-49(80)50(88-54-48(79)45(76)41(72)31(27-63)86-54)42(73)32(87-53)28-83-52-47(78)44(75)40(71)30(26-62)85-52;2*1-3-18-13(20)9-5-4-7-12(19)8-6-10-24-17-16(23)15(22)14(21)11(2)25-17/h29-32,39-54,62-63,70-80H,3-28H2,1-2H3,(H,55,64)(H,56,67)(H,57,68)(H,58,69)(H,59,65)(H,60,66);2*11,14-17,21-23H,3-10H2,1-2H3,(H,18,20)/t29-,30+,31+,32+,39+,40+,41+,42+,43+,44-,45-,46-,47-,48-,49-,50-,51+,52-,53-,54+;2*11-,14+,15+,16-,17+/m000/s1. The van der Waals surface area contributed by atoms with Gasteiger partial charge < -0.3 is 196 Å². The Morgan fingerprint density at radius 1 is 0.254 bits per heavy atom. The Hall–Kier alpha value is -6.18. The molecule has 6 aliphatic heterocycles. The minimum absolute atomic E-state index is 0.0101. The van der Waals surface area contributed by atoms with Crippen LogP contribution in [0.1, 0.15) is 196 Å². The van der Waals surface area contributed by atoms with Crippen LogP contribution in [0.2, 0.25) is 0 Å². The molecule has 0 aromatic carbocycles. The Balaban J connectivity index is 0.000000638. The summed E-state index contributed by atoms with van der Waals surface area (Å²) in [6, 6.07) is 0. The lowest BCUT2D eigenvalue weighted by molar-refractivity contribution is -0.366. The lowest BCUT2D eigenvalue weighted by atomic mass is 9.96. The third kappa shape index (κ3) is 45.8. The molecule has 50 nitrogen and oxygen atoms in total. The number of hydrogen-bond donors (Lipinski definition) is 27. The topological polar surface area (TPSA) is 765 Å². The molecule has 30 atom stereocenters. The van der Waals surface area contributed by atoms with E-state index in [1.165, 1.54) is 11.8 Å². The zero-order valence-electron chi connectivity index (χ0n) is 79.9. The summed E-state index contributed by atoms with van der Waals surface area (Å²) in [5, 5.41) is 214. The second-order valence-corrected chi connectivity index (χ2v) is 34.8. The lowest BCUT2D eigenvalue weighted by Gasteiger charge is -2.46. The van der Waals surface area contributed by atoms with E-state index in [4.69, 9.17) is 56.8 Å². The average molecular weight is 2000 g/mol. The van der Waals surface area contributed by atoms with Crippen molar-refractivity contribution in [2.75, 3.05) is 118 Å². The van der Waals surface area contributed by atoms with E-state index in [-0.39, 0.29) is 126 Å². The Morgan fingerprint density at radius 2 is 0.522 bits per heavy atom. The fraction of sp³-hybridized carbons (Fsp3) is 0.886. The molecule has 802 valence electrons. The van der Waals surface area contributed by atoms with Crippen LogP contribution in [0.4, 0.5) is 0 Å². The summed E-state index contributed by atoms with van der Waals surface area (Å²) in [5.74, 6) is -1.75. The van der Waals surface area contributed by atoms with Crippen molar-refractivity contribution in [3.63, 3.8) is 0 Å². The van der Waals surface area contributed by atoms with Gasteiger partial charge in [0.2, 0.25) is 47.3 Å². The number of nitrogens with one attached hydrogen (secondary N) is 8. The molecule has 6 rings (SSSR count). The average Bonchev–Trinajstić information content (AvgIpc) is 0.776. The first kappa shape index (κ1) is 124. The molecular weight excluding hydrogens is 1840 g/mol. The summed E-state index contributed by atoms with van der Waals surface area (Å²) in [6.07, 6.45) is -31.1. The SMILES string of the molecule is CCNC(=O)CCCCC(=O)CCCO[C@@H]1O[C@@H](C)[C@@H](O)[C@@H](O)[C@@H]1O.CCNC(=O)CCCCC(=O)CCCO[C@@H]1O[C@@H](C)[C@@H](O)[C@@H](O)[C@@H]1O.CCNC(=O)CCCCCNC(=O)CN(CC(=O)NCCCCCC(=O)NCCO[C@@H]1O[C@@H](C)[C@@H](O)[C@@H](O)[C@@H]1O)CC(=O)NCCCCCC(=O)NCCO[C@H]1O[C@H](CO[C@H]2O[C@H](CO)[C@@H](O)[C@H](O)[C@@H]2O)[C@@H](O)[C@H](O[C@H]2O[C@H](CO)[C@@H](O)[C@H](O)[C@@H]2O)[C@@H]1O. The van der Waals surface area contributed by atoms with Crippen molar-refractivity contribution in [3.05, 3.63) is 0 Å². The van der Waals surface area contributed by atoms with E-state index in [0.717, 1.165) is 0 Å². The van der Waals surface area contributed by atoms with Crippen LogP contribution in [0.15, 0.2) is 0 Å². The number of aliphatic hydroxyl groups excluding tert-OH is 19. The van der Waals surface area contributed by atoms with Crippen LogP contribution < -0.4 is 42.5 Å². The Morgan fingerprint density at radius 3 is 0.862 bits per heavy atom. The molecule has 0 aromatic rings. The van der Waals surface area contributed by atoms with Gasteiger partial charge in [-0.3, -0.25) is 52.8 Å². The molecule has 0 bridgehead atoms. The van der Waals surface area contributed by atoms with Gasteiger partial charge in [0, 0.05) is 110 Å². The van der Waals surface area contributed by atoms with E-state index in [1.807, 2.05) is 20.8 Å². The molecular formula is C88H159N9O41. The third-order valence-corrected chi connectivity index (χ3v) is 23.3. The van der Waals surface area contributed by atoms with E-state index in [2.05, 4.69) is 42.5 Å². The fourth-order valence-corrected chi connectivity index (χ4v) is 15.1. The quantitative estimate of drug-likeness (QED) is 0.0251. The number of aliphatic hydroxyl groups is 19. The molecule has 0 aromatic heterocycles. The van der Waals surface area contributed by atoms with Crippen LogP contribution in [-0.4, -0.2) is 463 Å². The number of hydrogen-bond acceptors (Lipinski definition) is 42. The molecule has 0 saturated carbocycles. The maximum Gasteiger partial charge on any atom is 0.234 e. The zero-order valence-corrected chi connectivity index (χ0v) is 79.9. The first-order valence-electron chi connectivity index (χ1n) is 48.1. The summed E-state index contributed by atoms with van der Waals surface area (Å²) in [4.78, 5) is 123. The monoisotopic (exact) mass is 2000 g/mol. The number of carbonyl (C=O) groups is 10. The van der Waals surface area contributed by atoms with Crippen LogP contribution in [0.5, 0.6) is 0 Å². The van der Waals surface area contributed by atoms with Crippen molar-refractivity contribution in [1.29, 1.82) is 0 Å². The molecule has 0 aliphatic carbocycles. The van der Waals surface area contributed by atoms with Gasteiger partial charge in [0.15, 0.2) is 37.7 Å². The Kier molecular flexibility index (Phi) is 62.0. The molecule has 0 unspecified atom stereocenters. The zero-order chi connectivity index (χ0) is 103. The largest absolute Gasteiger partial charge is 0.394 e. The number of rotatable bonds is 62. The van der Waals surface area contributed by atoms with Gasteiger partial charge in [0.05, 0.1) is 84.2 Å². The molecule has 6 heterocycles. The van der Waals surface area contributed by atoms with Crippen LogP contribution in [0, 0.1) is 0 Å². The van der Waals surface area contributed by atoms with Crippen LogP contribution >= 0.6 is 0 Å². The summed E-state index contributed by atoms with van der Waals surface area (Å²) in [7, 11) is 0. The summed E-state index contributed by atoms with van der Waals surface area (Å²) in [6.45, 7) is 9.86. The second-order valence-electron chi connectivity index (χ2n) is 34.8. The van der Waals surface area contributed by atoms with Crippen molar-refractivity contribution >= 4 is 58.8 Å². The van der Waals surface area contributed by atoms with E-state index < -0.39 is 222 Å². The van der Waals surface area contributed by atoms with Gasteiger partial charge >= 0.3 is 0 Å². The highest BCUT2D eigenvalue weighted by molar-refractivity contribution is 5.84. The number of ketones is 2. The van der Waals surface area contributed by atoms with Gasteiger partial charge in [-0.25, -0.2) is 0 Å². The smallest absolute Gasteiger partial charge is 0.234 e. The van der Waals surface area contributed by atoms with Crippen molar-refractivity contribution in [2.24, 2.45) is 0 Å². The number of unbranched alkanes of at least 4 members (excludes halogenated alkanes) is 8. The van der Waals surface area contributed by atoms with E-state index in [0.29, 0.717) is 167 Å². The lowest BCUT2D eigenvalue weighted by Crippen LogP contribution is -2.65. The number of carbonyl (C=O) groups excluding carboxylic acids is 10. The van der Waals surface area contributed by atoms with Crippen molar-refractivity contribution in [3.8, 4) is 0 Å². The molecule has 6 fully saturated rings. The van der Waals surface area contributed by atoms with Gasteiger partial charge in [-0.05, 0) is 119 Å². The molecule has 6 saturated heterocycles. The van der Waals surface area contributed by atoms with E-state index in [1.54, 1.807) is 13.8 Å². The molecule has 0 radical (unpaired) electrons. The Bertz CT molecular complexity index is 3380. The highest BCUT2D eigenvalue weighted by Crippen LogP contribution is 2.33. The Labute approximate surface area is 803 Å². The highest BCUT2D eigenvalue weighted by atomic mass is 16.8. The number of nitrogens with zero attached hydrogens (tertiary/aromatic N) is 1. The van der Waals surface area contributed by atoms with Gasteiger partial charge in [-0.2, -0.15) is 0 Å².